The lowest BCUT2D eigenvalue weighted by Crippen LogP contribution is -2.23. The molecule has 0 aliphatic carbocycles. The summed E-state index contributed by atoms with van der Waals surface area (Å²) in [5.74, 6) is -1.69. The molecule has 2 aromatic carbocycles. The van der Waals surface area contributed by atoms with Crippen LogP contribution in [0.3, 0.4) is 0 Å². The molecule has 1 amide bonds. The minimum Gasteiger partial charge on any atom is -0.322 e. The second-order valence-corrected chi connectivity index (χ2v) is 4.94. The lowest BCUT2D eigenvalue weighted by Gasteiger charge is -2.10. The van der Waals surface area contributed by atoms with E-state index in [4.69, 9.17) is 6.85 Å². The molecule has 112 valence electrons. The van der Waals surface area contributed by atoms with Gasteiger partial charge in [0, 0.05) is 11.6 Å². The Hall–Kier alpha value is -2.68. The van der Waals surface area contributed by atoms with Crippen LogP contribution in [0.4, 0.5) is 5.69 Å². The number of carbonyl (C=O) groups excluding carboxylic acids is 2. The van der Waals surface area contributed by atoms with Crippen molar-refractivity contribution >= 4 is 23.5 Å². The molecule has 0 atom stereocenters. The molecule has 3 nitrogen and oxygen atoms in total. The maximum atomic E-state index is 12.7. The number of hydrogen-bond acceptors (Lipinski definition) is 2. The zero-order chi connectivity index (χ0) is 20.3. The van der Waals surface area contributed by atoms with Crippen LogP contribution in [0.2, 0.25) is 0 Å². The van der Waals surface area contributed by atoms with Gasteiger partial charge in [0.05, 0.1) is 12.4 Å². The predicted octanol–water partition coefficient (Wildman–Crippen LogP) is 3.93. The SMILES string of the molecule is [2H]c1c([2H])c([2H])c(NC(=O)/C(=C/c2ccccc2)C(=O)C(C)C)c([2H])c1[2H]. The van der Waals surface area contributed by atoms with Gasteiger partial charge in [-0.1, -0.05) is 62.3 Å². The van der Waals surface area contributed by atoms with Crippen molar-refractivity contribution in [3.63, 3.8) is 0 Å². The molecule has 0 saturated heterocycles. The third-order valence-electron chi connectivity index (χ3n) is 2.88. The molecular formula is C19H19NO2. The van der Waals surface area contributed by atoms with Crippen molar-refractivity contribution in [2.75, 3.05) is 5.32 Å². The summed E-state index contributed by atoms with van der Waals surface area (Å²) in [6.07, 6.45) is 1.42. The Balaban J connectivity index is 2.50. The molecular weight excluding hydrogens is 274 g/mol. The van der Waals surface area contributed by atoms with Gasteiger partial charge in [-0.15, -0.1) is 0 Å². The predicted molar refractivity (Wildman–Crippen MR) is 89.3 cm³/mol. The zero-order valence-electron chi connectivity index (χ0n) is 17.4. The summed E-state index contributed by atoms with van der Waals surface area (Å²) >= 11 is 0. The van der Waals surface area contributed by atoms with Gasteiger partial charge in [-0.2, -0.15) is 0 Å². The van der Waals surface area contributed by atoms with E-state index < -0.39 is 47.8 Å². The van der Waals surface area contributed by atoms with Gasteiger partial charge in [-0.3, -0.25) is 9.59 Å². The van der Waals surface area contributed by atoms with Gasteiger partial charge in [0.1, 0.15) is 0 Å². The average Bonchev–Trinajstić information content (AvgIpc) is 2.66. The summed E-state index contributed by atoms with van der Waals surface area (Å²) in [4.78, 5) is 25.2. The maximum absolute atomic E-state index is 12.7. The molecule has 3 heteroatoms. The van der Waals surface area contributed by atoms with E-state index in [9.17, 15) is 9.59 Å². The summed E-state index contributed by atoms with van der Waals surface area (Å²) in [5, 5.41) is 2.32. The lowest BCUT2D eigenvalue weighted by atomic mass is 9.98. The van der Waals surface area contributed by atoms with E-state index in [1.54, 1.807) is 44.2 Å². The number of carbonyl (C=O) groups is 2. The van der Waals surface area contributed by atoms with Gasteiger partial charge in [-0.25, -0.2) is 0 Å². The number of para-hydroxylation sites is 1. The van der Waals surface area contributed by atoms with Crippen LogP contribution in [-0.4, -0.2) is 11.7 Å². The summed E-state index contributed by atoms with van der Waals surface area (Å²) in [7, 11) is 0. The number of Topliss-reactive ketones (excluding diaryl/α,β-unsaturated/α-hetero) is 1. The molecule has 0 aromatic heterocycles. The fourth-order valence-corrected chi connectivity index (χ4v) is 1.77. The Morgan fingerprint density at radius 1 is 1.09 bits per heavy atom. The van der Waals surface area contributed by atoms with Gasteiger partial charge in [0.2, 0.25) is 0 Å². The van der Waals surface area contributed by atoms with Crippen LogP contribution in [0.5, 0.6) is 0 Å². The van der Waals surface area contributed by atoms with Crippen molar-refractivity contribution in [2.45, 2.75) is 13.8 Å². The first-order valence-electron chi connectivity index (χ1n) is 9.34. The van der Waals surface area contributed by atoms with Gasteiger partial charge in [0.25, 0.3) is 5.91 Å². The number of hydrogen-bond donors (Lipinski definition) is 1. The van der Waals surface area contributed by atoms with Crippen molar-refractivity contribution in [1.82, 2.24) is 0 Å². The number of anilines is 1. The van der Waals surface area contributed by atoms with E-state index in [0.29, 0.717) is 5.56 Å². The van der Waals surface area contributed by atoms with E-state index >= 15 is 0 Å². The van der Waals surface area contributed by atoms with Crippen molar-refractivity contribution in [2.24, 2.45) is 5.92 Å². The molecule has 0 unspecified atom stereocenters. The first-order chi connectivity index (χ1) is 12.6. The molecule has 0 aliphatic rings. The first-order valence-corrected chi connectivity index (χ1v) is 6.84. The topological polar surface area (TPSA) is 46.2 Å². The van der Waals surface area contributed by atoms with E-state index in [1.165, 1.54) is 6.08 Å². The molecule has 2 aromatic rings. The number of amides is 1. The third kappa shape index (κ3) is 4.16. The highest BCUT2D eigenvalue weighted by Gasteiger charge is 2.21. The van der Waals surface area contributed by atoms with E-state index in [-0.39, 0.29) is 11.3 Å². The standard InChI is InChI=1S/C19H19NO2/c1-14(2)18(21)17(13-15-9-5-3-6-10-15)19(22)20-16-11-7-4-8-12-16/h3-14H,1-2H3,(H,20,22)/b17-13+/i4D,7D,8D,11D,12D. The lowest BCUT2D eigenvalue weighted by molar-refractivity contribution is -0.121. The Morgan fingerprint density at radius 2 is 1.73 bits per heavy atom. The molecule has 0 spiro atoms. The average molecular weight is 298 g/mol. The number of ketones is 1. The molecule has 0 saturated carbocycles. The number of nitrogens with one attached hydrogen (secondary N) is 1. The molecule has 22 heavy (non-hydrogen) atoms. The fourth-order valence-electron chi connectivity index (χ4n) is 1.77. The Kier molecular flexibility index (Phi) is 3.39. The van der Waals surface area contributed by atoms with Gasteiger partial charge in [0.15, 0.2) is 5.78 Å². The van der Waals surface area contributed by atoms with Crippen molar-refractivity contribution in [3.8, 4) is 0 Å². The first kappa shape index (κ1) is 10.1. The molecule has 0 radical (unpaired) electrons. The Bertz CT molecular complexity index is 894. The van der Waals surface area contributed by atoms with Crippen molar-refractivity contribution < 1.29 is 16.4 Å². The molecule has 0 bridgehead atoms. The summed E-state index contributed by atoms with van der Waals surface area (Å²) in [6.45, 7) is 3.30. The zero-order valence-corrected chi connectivity index (χ0v) is 12.4. The van der Waals surface area contributed by atoms with Gasteiger partial charge in [-0.05, 0) is 23.7 Å². The summed E-state index contributed by atoms with van der Waals surface area (Å²) < 4.78 is 38.7. The summed E-state index contributed by atoms with van der Waals surface area (Å²) in [5.41, 5.74) is 0.127. The van der Waals surface area contributed by atoms with Crippen LogP contribution in [0.25, 0.3) is 6.08 Å². The molecule has 0 aliphatic heterocycles. The van der Waals surface area contributed by atoms with Crippen LogP contribution in [0.15, 0.2) is 66.1 Å². The van der Waals surface area contributed by atoms with Crippen molar-refractivity contribution in [1.29, 1.82) is 0 Å². The van der Waals surface area contributed by atoms with Crippen LogP contribution in [0, 0.1) is 5.92 Å². The quantitative estimate of drug-likeness (QED) is 0.516. The monoisotopic (exact) mass is 298 g/mol. The summed E-state index contributed by atoms with van der Waals surface area (Å²) in [6, 6.07) is 6.03. The van der Waals surface area contributed by atoms with E-state index in [0.717, 1.165) is 0 Å². The minimum absolute atomic E-state index is 0.150. The highest BCUT2D eigenvalue weighted by atomic mass is 16.2. The second kappa shape index (κ2) is 7.36. The van der Waals surface area contributed by atoms with Crippen LogP contribution >= 0.6 is 0 Å². The van der Waals surface area contributed by atoms with Crippen LogP contribution in [-0.2, 0) is 9.59 Å². The number of rotatable bonds is 5. The van der Waals surface area contributed by atoms with Crippen LogP contribution < -0.4 is 5.32 Å². The van der Waals surface area contributed by atoms with E-state index in [2.05, 4.69) is 5.32 Å². The van der Waals surface area contributed by atoms with Crippen molar-refractivity contribution in [3.05, 3.63) is 71.7 Å². The fraction of sp³-hybridized carbons (Fsp3) is 0.158. The second-order valence-electron chi connectivity index (χ2n) is 4.94. The normalized spacial score (nSPS) is 14.5. The maximum Gasteiger partial charge on any atom is 0.259 e. The molecule has 0 fully saturated rings. The highest BCUT2D eigenvalue weighted by Crippen LogP contribution is 2.15. The van der Waals surface area contributed by atoms with E-state index in [1.807, 2.05) is 0 Å². The highest BCUT2D eigenvalue weighted by molar-refractivity contribution is 6.26. The number of benzene rings is 2. The van der Waals surface area contributed by atoms with Crippen LogP contribution in [0.1, 0.15) is 26.3 Å². The van der Waals surface area contributed by atoms with Gasteiger partial charge >= 0.3 is 0 Å². The molecule has 2 rings (SSSR count). The Morgan fingerprint density at radius 3 is 2.32 bits per heavy atom. The Labute approximate surface area is 137 Å². The molecule has 1 N–H and O–H groups in total. The third-order valence-corrected chi connectivity index (χ3v) is 2.88. The smallest absolute Gasteiger partial charge is 0.259 e. The largest absolute Gasteiger partial charge is 0.322 e. The molecule has 0 heterocycles. The minimum atomic E-state index is -0.823. The van der Waals surface area contributed by atoms with Gasteiger partial charge < -0.3 is 5.32 Å².